The maximum absolute atomic E-state index is 12.7. The monoisotopic (exact) mass is 331 g/mol. The van der Waals surface area contributed by atoms with Crippen molar-refractivity contribution in [1.29, 1.82) is 0 Å². The Labute approximate surface area is 143 Å². The first-order valence-corrected chi connectivity index (χ1v) is 9.38. The molecule has 24 heavy (non-hydrogen) atoms. The predicted molar refractivity (Wildman–Crippen MR) is 92.4 cm³/mol. The van der Waals surface area contributed by atoms with Crippen molar-refractivity contribution in [2.75, 3.05) is 5.32 Å². The third-order valence-electron chi connectivity index (χ3n) is 6.22. The van der Waals surface area contributed by atoms with E-state index in [0.717, 1.165) is 38.6 Å². The van der Waals surface area contributed by atoms with Crippen LogP contribution in [0.3, 0.4) is 0 Å². The maximum Gasteiger partial charge on any atom is 0.227 e. The Balaban J connectivity index is 1.44. The standard InChI is InChI=1S/C19H29N3O2/c1-13(2)11-22-4-3-20-17(22)21-16(23)10-18-6-14-5-15(7-18)9-19(24,8-14)12-18/h3-4,13-15,24H,5-12H2,1-2H3,(H,20,21,23)/t14-,15-,18?,19?/m1/s1. The molecule has 5 heteroatoms. The topological polar surface area (TPSA) is 67.2 Å². The molecule has 0 aliphatic heterocycles. The maximum atomic E-state index is 12.7. The van der Waals surface area contributed by atoms with Gasteiger partial charge in [-0.3, -0.25) is 10.1 Å². The lowest BCUT2D eigenvalue weighted by molar-refractivity contribution is -0.167. The first-order chi connectivity index (χ1) is 11.3. The average Bonchev–Trinajstić information content (AvgIpc) is 2.81. The third-order valence-corrected chi connectivity index (χ3v) is 6.22. The number of anilines is 1. The summed E-state index contributed by atoms with van der Waals surface area (Å²) in [5.41, 5.74) is -0.487. The number of nitrogens with zero attached hydrogens (tertiary/aromatic N) is 2. The van der Waals surface area contributed by atoms with Crippen molar-refractivity contribution in [3.05, 3.63) is 12.4 Å². The summed E-state index contributed by atoms with van der Waals surface area (Å²) in [4.78, 5) is 17.0. The van der Waals surface area contributed by atoms with Gasteiger partial charge in [-0.15, -0.1) is 0 Å². The van der Waals surface area contributed by atoms with E-state index in [-0.39, 0.29) is 11.3 Å². The van der Waals surface area contributed by atoms with Gasteiger partial charge in [0.15, 0.2) is 0 Å². The van der Waals surface area contributed by atoms with E-state index in [9.17, 15) is 9.90 Å². The molecule has 0 aromatic carbocycles. The molecule has 5 rings (SSSR count). The van der Waals surface area contributed by atoms with Crippen molar-refractivity contribution in [3.63, 3.8) is 0 Å². The van der Waals surface area contributed by atoms with Crippen LogP contribution in [0.15, 0.2) is 12.4 Å². The van der Waals surface area contributed by atoms with Crippen LogP contribution in [0.2, 0.25) is 0 Å². The van der Waals surface area contributed by atoms with E-state index in [1.165, 1.54) is 6.42 Å². The van der Waals surface area contributed by atoms with Crippen LogP contribution in [0.1, 0.15) is 58.8 Å². The molecular formula is C19H29N3O2. The lowest BCUT2D eigenvalue weighted by atomic mass is 9.47. The Hall–Kier alpha value is -1.36. The van der Waals surface area contributed by atoms with Crippen LogP contribution in [0, 0.1) is 23.2 Å². The summed E-state index contributed by atoms with van der Waals surface area (Å²) in [5.74, 6) is 2.44. The van der Waals surface area contributed by atoms with Crippen LogP contribution in [0.4, 0.5) is 5.95 Å². The second-order valence-corrected chi connectivity index (χ2v) is 9.21. The minimum atomic E-state index is -0.500. The van der Waals surface area contributed by atoms with Crippen LogP contribution in [0.5, 0.6) is 0 Å². The van der Waals surface area contributed by atoms with Gasteiger partial charge in [-0.05, 0) is 61.7 Å². The van der Waals surface area contributed by atoms with Gasteiger partial charge in [0, 0.05) is 25.4 Å². The van der Waals surface area contributed by atoms with Crippen molar-refractivity contribution in [1.82, 2.24) is 9.55 Å². The molecule has 5 nitrogen and oxygen atoms in total. The number of amides is 1. The molecule has 1 aromatic rings. The summed E-state index contributed by atoms with van der Waals surface area (Å²) >= 11 is 0. The summed E-state index contributed by atoms with van der Waals surface area (Å²) in [6.07, 6.45) is 10.4. The molecule has 4 fully saturated rings. The highest BCUT2D eigenvalue weighted by molar-refractivity contribution is 5.89. The summed E-state index contributed by atoms with van der Waals surface area (Å²) in [7, 11) is 0. The summed E-state index contributed by atoms with van der Waals surface area (Å²) < 4.78 is 2.01. The van der Waals surface area contributed by atoms with Gasteiger partial charge in [-0.2, -0.15) is 0 Å². The van der Waals surface area contributed by atoms with Crippen LogP contribution in [0.25, 0.3) is 0 Å². The molecular weight excluding hydrogens is 302 g/mol. The van der Waals surface area contributed by atoms with Crippen LogP contribution >= 0.6 is 0 Å². The van der Waals surface area contributed by atoms with Gasteiger partial charge in [0.2, 0.25) is 11.9 Å². The SMILES string of the molecule is CC(C)Cn1ccnc1NC(=O)CC12C[C@H]3C[C@@H](CC(O)(C3)C1)C2. The van der Waals surface area contributed by atoms with E-state index in [0.29, 0.717) is 30.1 Å². The number of hydrogen-bond donors (Lipinski definition) is 2. The molecule has 1 aromatic heterocycles. The highest BCUT2D eigenvalue weighted by Crippen LogP contribution is 2.62. The summed E-state index contributed by atoms with van der Waals surface area (Å²) in [6, 6.07) is 0. The molecule has 4 bridgehead atoms. The second kappa shape index (κ2) is 5.58. The van der Waals surface area contributed by atoms with Crippen molar-refractivity contribution in [3.8, 4) is 0 Å². The van der Waals surface area contributed by atoms with E-state index in [2.05, 4.69) is 24.1 Å². The molecule has 2 N–H and O–H groups in total. The fraction of sp³-hybridized carbons (Fsp3) is 0.789. The molecule has 0 unspecified atom stereocenters. The van der Waals surface area contributed by atoms with Gasteiger partial charge in [-0.1, -0.05) is 13.8 Å². The highest BCUT2D eigenvalue weighted by Gasteiger charge is 2.57. The molecule has 4 saturated carbocycles. The minimum absolute atomic E-state index is 0.0123. The number of rotatable bonds is 5. The molecule has 4 aliphatic carbocycles. The number of hydrogen-bond acceptors (Lipinski definition) is 3. The number of nitrogens with one attached hydrogen (secondary N) is 1. The number of imidazole rings is 1. The fourth-order valence-corrected chi connectivity index (χ4v) is 6.09. The highest BCUT2D eigenvalue weighted by atomic mass is 16.3. The van der Waals surface area contributed by atoms with Gasteiger partial charge >= 0.3 is 0 Å². The Morgan fingerprint density at radius 2 is 2.08 bits per heavy atom. The zero-order valence-corrected chi connectivity index (χ0v) is 14.8. The normalized spacial score (nSPS) is 37.2. The molecule has 2 atom stereocenters. The Bertz CT molecular complexity index is 622. The van der Waals surface area contributed by atoms with E-state index in [1.54, 1.807) is 6.20 Å². The molecule has 1 heterocycles. The first-order valence-electron chi connectivity index (χ1n) is 9.38. The van der Waals surface area contributed by atoms with E-state index < -0.39 is 5.60 Å². The van der Waals surface area contributed by atoms with E-state index >= 15 is 0 Å². The molecule has 0 spiro atoms. The Morgan fingerprint density at radius 3 is 2.71 bits per heavy atom. The van der Waals surface area contributed by atoms with Crippen molar-refractivity contribution >= 4 is 11.9 Å². The van der Waals surface area contributed by atoms with E-state index in [4.69, 9.17) is 0 Å². The third kappa shape index (κ3) is 2.99. The second-order valence-electron chi connectivity index (χ2n) is 9.21. The molecule has 1 amide bonds. The van der Waals surface area contributed by atoms with Gasteiger partial charge in [0.1, 0.15) is 0 Å². The molecule has 0 radical (unpaired) electrons. The van der Waals surface area contributed by atoms with Gasteiger partial charge in [0.25, 0.3) is 0 Å². The quantitative estimate of drug-likeness (QED) is 0.870. The van der Waals surface area contributed by atoms with E-state index in [1.807, 2.05) is 10.8 Å². The number of carbonyl (C=O) groups is 1. The van der Waals surface area contributed by atoms with Crippen LogP contribution in [-0.2, 0) is 11.3 Å². The first kappa shape index (κ1) is 16.1. The number of carbonyl (C=O) groups excluding carboxylic acids is 1. The van der Waals surface area contributed by atoms with Gasteiger partial charge in [0.05, 0.1) is 5.60 Å². The number of aromatic nitrogens is 2. The average molecular weight is 331 g/mol. The zero-order chi connectivity index (χ0) is 16.9. The van der Waals surface area contributed by atoms with Crippen molar-refractivity contribution in [2.24, 2.45) is 23.2 Å². The molecule has 4 aliphatic rings. The molecule has 132 valence electrons. The van der Waals surface area contributed by atoms with Crippen LogP contribution in [-0.4, -0.2) is 26.2 Å². The fourth-order valence-electron chi connectivity index (χ4n) is 6.09. The van der Waals surface area contributed by atoms with Crippen molar-refractivity contribution in [2.45, 2.75) is 70.9 Å². The lowest BCUT2D eigenvalue weighted by Crippen LogP contribution is -2.56. The summed E-state index contributed by atoms with van der Waals surface area (Å²) in [6.45, 7) is 5.16. The Morgan fingerprint density at radius 1 is 1.38 bits per heavy atom. The Kier molecular flexibility index (Phi) is 3.75. The zero-order valence-electron chi connectivity index (χ0n) is 14.8. The predicted octanol–water partition coefficient (Wildman–Crippen LogP) is 3.20. The largest absolute Gasteiger partial charge is 0.390 e. The van der Waals surface area contributed by atoms with Crippen molar-refractivity contribution < 1.29 is 9.90 Å². The summed E-state index contributed by atoms with van der Waals surface area (Å²) in [5, 5.41) is 13.8. The smallest absolute Gasteiger partial charge is 0.227 e. The minimum Gasteiger partial charge on any atom is -0.390 e. The van der Waals surface area contributed by atoms with Gasteiger partial charge < -0.3 is 9.67 Å². The van der Waals surface area contributed by atoms with Gasteiger partial charge in [-0.25, -0.2) is 4.98 Å². The molecule has 0 saturated heterocycles. The number of aliphatic hydroxyl groups is 1. The van der Waals surface area contributed by atoms with Crippen LogP contribution < -0.4 is 5.32 Å². The lowest BCUT2D eigenvalue weighted by Gasteiger charge is -2.60.